The van der Waals surface area contributed by atoms with E-state index in [0.717, 1.165) is 40.8 Å². The van der Waals surface area contributed by atoms with Crippen LogP contribution >= 0.6 is 11.3 Å². The molecule has 198 valence electrons. The van der Waals surface area contributed by atoms with E-state index < -0.39 is 0 Å². The Balaban J connectivity index is 1.31. The molecule has 0 amide bonds. The van der Waals surface area contributed by atoms with E-state index in [0.29, 0.717) is 0 Å². The Morgan fingerprint density at radius 1 is 0.595 bits per heavy atom. The maximum absolute atomic E-state index is 4.67. The standard InChI is InChI=1S/C38H25N3S/c1-2-11-24(12-3-1)37-39-40-38-32-17-7-6-15-28(32)33-23-25(21-22-34(33)41(37)38)26-13-4-5-14-27(26)30-18-10-19-31-29-16-8-9-20-35(29)42-36(30)31/h1-7,9-15,17-23H,8,16H2. The minimum atomic E-state index is 0.858. The van der Waals surface area contributed by atoms with Gasteiger partial charge in [0.15, 0.2) is 11.5 Å². The van der Waals surface area contributed by atoms with Crippen LogP contribution in [0.5, 0.6) is 0 Å². The highest BCUT2D eigenvalue weighted by Gasteiger charge is 2.19. The van der Waals surface area contributed by atoms with Crippen LogP contribution in [0.25, 0.3) is 77.1 Å². The molecule has 0 fully saturated rings. The van der Waals surface area contributed by atoms with Gasteiger partial charge < -0.3 is 0 Å². The average Bonchev–Trinajstić information content (AvgIpc) is 3.68. The van der Waals surface area contributed by atoms with E-state index in [1.807, 2.05) is 17.4 Å². The van der Waals surface area contributed by atoms with Crippen LogP contribution in [0.4, 0.5) is 0 Å². The molecule has 0 bridgehead atoms. The molecule has 42 heavy (non-hydrogen) atoms. The summed E-state index contributed by atoms with van der Waals surface area (Å²) in [6.07, 6.45) is 6.86. The van der Waals surface area contributed by atoms with E-state index in [2.05, 4.69) is 136 Å². The van der Waals surface area contributed by atoms with Crippen LogP contribution < -0.4 is 0 Å². The minimum Gasteiger partial charge on any atom is -0.274 e. The second kappa shape index (κ2) is 9.23. The first kappa shape index (κ1) is 23.6. The van der Waals surface area contributed by atoms with Crippen LogP contribution in [0.1, 0.15) is 16.9 Å². The first-order valence-electron chi connectivity index (χ1n) is 14.4. The van der Waals surface area contributed by atoms with Crippen LogP contribution in [0.15, 0.2) is 121 Å². The molecule has 0 saturated carbocycles. The van der Waals surface area contributed by atoms with Crippen LogP contribution in [0.2, 0.25) is 0 Å². The van der Waals surface area contributed by atoms with Gasteiger partial charge in [0.2, 0.25) is 0 Å². The molecule has 0 spiro atoms. The largest absolute Gasteiger partial charge is 0.274 e. The molecule has 0 N–H and O–H groups in total. The summed E-state index contributed by atoms with van der Waals surface area (Å²) in [5, 5.41) is 14.2. The van der Waals surface area contributed by atoms with E-state index in [4.69, 9.17) is 0 Å². The lowest BCUT2D eigenvalue weighted by Crippen LogP contribution is -1.95. The van der Waals surface area contributed by atoms with Crippen molar-refractivity contribution >= 4 is 54.8 Å². The predicted molar refractivity (Wildman–Crippen MR) is 177 cm³/mol. The molecule has 0 unspecified atom stereocenters. The Hall–Kier alpha value is -5.06. The van der Waals surface area contributed by atoms with Crippen LogP contribution in [0, 0.1) is 0 Å². The predicted octanol–water partition coefficient (Wildman–Crippen LogP) is 10.2. The summed E-state index contributed by atoms with van der Waals surface area (Å²) in [5.41, 5.74) is 9.56. The molecule has 8 aromatic rings. The Morgan fingerprint density at radius 3 is 2.26 bits per heavy atom. The lowest BCUT2D eigenvalue weighted by Gasteiger charge is -2.14. The maximum Gasteiger partial charge on any atom is 0.169 e. The second-order valence-electron chi connectivity index (χ2n) is 10.9. The molecule has 3 heterocycles. The van der Waals surface area contributed by atoms with Crippen molar-refractivity contribution in [3.05, 3.63) is 132 Å². The van der Waals surface area contributed by atoms with Crippen molar-refractivity contribution in [2.75, 3.05) is 0 Å². The number of hydrogen-bond acceptors (Lipinski definition) is 3. The lowest BCUT2D eigenvalue weighted by atomic mass is 9.91. The number of nitrogens with zero attached hydrogens (tertiary/aromatic N) is 3. The summed E-state index contributed by atoms with van der Waals surface area (Å²) < 4.78 is 3.60. The second-order valence-corrected chi connectivity index (χ2v) is 12.0. The van der Waals surface area contributed by atoms with E-state index in [1.54, 1.807) is 0 Å². The van der Waals surface area contributed by atoms with Gasteiger partial charge >= 0.3 is 0 Å². The molecule has 0 aliphatic heterocycles. The van der Waals surface area contributed by atoms with Gasteiger partial charge in [-0.15, -0.1) is 21.5 Å². The third-order valence-corrected chi connectivity index (χ3v) is 9.85. The average molecular weight is 556 g/mol. The Morgan fingerprint density at radius 2 is 1.36 bits per heavy atom. The zero-order valence-corrected chi connectivity index (χ0v) is 23.6. The molecule has 0 atom stereocenters. The van der Waals surface area contributed by atoms with Crippen LogP contribution in [-0.4, -0.2) is 14.6 Å². The normalized spacial score (nSPS) is 13.0. The van der Waals surface area contributed by atoms with Crippen molar-refractivity contribution < 1.29 is 0 Å². The van der Waals surface area contributed by atoms with Gasteiger partial charge in [0.1, 0.15) is 0 Å². The SMILES string of the molecule is C1=Cc2sc3c(-c4ccccc4-c4ccc5c(c4)c4ccccc4c4nnc(-c6ccccc6)n54)cccc3c2CC1. The molecular weight excluding hydrogens is 531 g/mol. The molecule has 1 aliphatic carbocycles. The quantitative estimate of drug-likeness (QED) is 0.203. The summed E-state index contributed by atoms with van der Waals surface area (Å²) >= 11 is 1.93. The van der Waals surface area contributed by atoms with E-state index in [-0.39, 0.29) is 0 Å². The number of fused-ring (bicyclic) bond motifs is 9. The molecule has 1 aliphatic rings. The summed E-state index contributed by atoms with van der Waals surface area (Å²) in [6, 6.07) is 41.4. The van der Waals surface area contributed by atoms with Crippen LogP contribution in [0.3, 0.4) is 0 Å². The van der Waals surface area contributed by atoms with Crippen LogP contribution in [-0.2, 0) is 6.42 Å². The third kappa shape index (κ3) is 3.45. The van der Waals surface area contributed by atoms with Crippen molar-refractivity contribution in [1.82, 2.24) is 14.6 Å². The first-order valence-corrected chi connectivity index (χ1v) is 15.2. The van der Waals surface area contributed by atoms with Crippen molar-refractivity contribution in [1.29, 1.82) is 0 Å². The fraction of sp³-hybridized carbons (Fsp3) is 0.0526. The highest BCUT2D eigenvalue weighted by molar-refractivity contribution is 7.20. The number of hydrogen-bond donors (Lipinski definition) is 0. The van der Waals surface area contributed by atoms with Gasteiger partial charge in [-0.1, -0.05) is 109 Å². The molecule has 3 aromatic heterocycles. The zero-order valence-electron chi connectivity index (χ0n) is 22.8. The fourth-order valence-electron chi connectivity index (χ4n) is 6.67. The smallest absolute Gasteiger partial charge is 0.169 e. The van der Waals surface area contributed by atoms with Crippen molar-refractivity contribution in [2.45, 2.75) is 12.8 Å². The number of allylic oxidation sites excluding steroid dienone is 1. The highest BCUT2D eigenvalue weighted by Crippen LogP contribution is 2.44. The summed E-state index contributed by atoms with van der Waals surface area (Å²) in [5.74, 6) is 0.858. The van der Waals surface area contributed by atoms with E-state index in [9.17, 15) is 0 Å². The number of aromatic nitrogens is 3. The fourth-order valence-corrected chi connectivity index (χ4v) is 7.98. The van der Waals surface area contributed by atoms with Gasteiger partial charge in [0, 0.05) is 31.5 Å². The third-order valence-electron chi connectivity index (χ3n) is 8.60. The molecule has 5 aromatic carbocycles. The number of rotatable bonds is 3. The topological polar surface area (TPSA) is 30.2 Å². The minimum absolute atomic E-state index is 0.858. The Bertz CT molecular complexity index is 2360. The Kier molecular flexibility index (Phi) is 5.19. The monoisotopic (exact) mass is 555 g/mol. The molecule has 9 rings (SSSR count). The molecule has 0 radical (unpaired) electrons. The van der Waals surface area contributed by atoms with Crippen molar-refractivity contribution in [2.24, 2.45) is 0 Å². The molecular formula is C38H25N3S. The van der Waals surface area contributed by atoms with Crippen molar-refractivity contribution in [3.8, 4) is 33.6 Å². The lowest BCUT2D eigenvalue weighted by molar-refractivity contribution is 1.01. The van der Waals surface area contributed by atoms with E-state index in [1.165, 1.54) is 53.6 Å². The summed E-state index contributed by atoms with van der Waals surface area (Å²) in [4.78, 5) is 1.41. The zero-order chi connectivity index (χ0) is 27.6. The maximum atomic E-state index is 4.67. The van der Waals surface area contributed by atoms with Gasteiger partial charge in [-0.2, -0.15) is 0 Å². The van der Waals surface area contributed by atoms with Gasteiger partial charge in [-0.3, -0.25) is 4.40 Å². The summed E-state index contributed by atoms with van der Waals surface area (Å²) in [7, 11) is 0. The number of aryl methyl sites for hydroxylation is 1. The highest BCUT2D eigenvalue weighted by atomic mass is 32.1. The number of pyridine rings is 1. The van der Waals surface area contributed by atoms with E-state index >= 15 is 0 Å². The summed E-state index contributed by atoms with van der Waals surface area (Å²) in [6.45, 7) is 0. The number of benzene rings is 5. The van der Waals surface area contributed by atoms with Gasteiger partial charge in [0.25, 0.3) is 0 Å². The molecule has 4 heteroatoms. The molecule has 0 saturated heterocycles. The Labute approximate surface area is 247 Å². The molecule has 3 nitrogen and oxygen atoms in total. The van der Waals surface area contributed by atoms with Gasteiger partial charge in [0.05, 0.1) is 5.52 Å². The van der Waals surface area contributed by atoms with Crippen molar-refractivity contribution in [3.63, 3.8) is 0 Å². The number of thiophene rings is 1. The first-order chi connectivity index (χ1) is 20.8. The van der Waals surface area contributed by atoms with Gasteiger partial charge in [-0.05, 0) is 64.1 Å². The van der Waals surface area contributed by atoms with Gasteiger partial charge in [-0.25, -0.2) is 0 Å².